The van der Waals surface area contributed by atoms with E-state index in [9.17, 15) is 4.39 Å². The summed E-state index contributed by atoms with van der Waals surface area (Å²) in [4.78, 5) is 4.09. The molecule has 0 saturated heterocycles. The van der Waals surface area contributed by atoms with E-state index in [4.69, 9.17) is 0 Å². The lowest BCUT2D eigenvalue weighted by atomic mass is 10.00. The van der Waals surface area contributed by atoms with Gasteiger partial charge in [0.25, 0.3) is 0 Å². The fourth-order valence-electron chi connectivity index (χ4n) is 1.66. The van der Waals surface area contributed by atoms with Gasteiger partial charge in [0.15, 0.2) is 5.65 Å². The monoisotopic (exact) mass is 193 g/mol. The Bertz CT molecular complexity index is 473. The van der Waals surface area contributed by atoms with Crippen LogP contribution in [0.25, 0.3) is 11.0 Å². The number of H-pyrrole nitrogens is 1. The second kappa shape index (κ2) is 3.04. The van der Waals surface area contributed by atoms with Crippen LogP contribution in [0.4, 0.5) is 4.39 Å². The topological polar surface area (TPSA) is 41.6 Å². The summed E-state index contributed by atoms with van der Waals surface area (Å²) in [5, 5.41) is 7.41. The molecular formula is C10H12FN3. The summed E-state index contributed by atoms with van der Waals surface area (Å²) in [6, 6.07) is 0. The number of fused-ring (bicyclic) bond motifs is 1. The van der Waals surface area contributed by atoms with Gasteiger partial charge in [0.1, 0.15) is 5.82 Å². The molecule has 74 valence electrons. The summed E-state index contributed by atoms with van der Waals surface area (Å²) in [5.41, 5.74) is 1.78. The molecule has 0 fully saturated rings. The smallest absolute Gasteiger partial charge is 0.155 e. The standard InChI is InChI=1S/C10H12FN3/c1-5(2)8-7-4-12-14-10(7)13-6(3)9(8)11/h4-5H,1-3H3,(H,12,13,14). The van der Waals surface area contributed by atoms with Crippen LogP contribution in [-0.4, -0.2) is 15.2 Å². The Morgan fingerprint density at radius 2 is 2.14 bits per heavy atom. The van der Waals surface area contributed by atoms with Crippen molar-refractivity contribution < 1.29 is 4.39 Å². The molecule has 0 spiro atoms. The van der Waals surface area contributed by atoms with Crippen LogP contribution in [0, 0.1) is 12.7 Å². The van der Waals surface area contributed by atoms with Crippen LogP contribution in [0.1, 0.15) is 31.0 Å². The van der Waals surface area contributed by atoms with Gasteiger partial charge >= 0.3 is 0 Å². The van der Waals surface area contributed by atoms with E-state index in [1.807, 2.05) is 13.8 Å². The summed E-state index contributed by atoms with van der Waals surface area (Å²) in [6.07, 6.45) is 1.63. The Morgan fingerprint density at radius 1 is 1.43 bits per heavy atom. The molecule has 4 heteroatoms. The number of hydrogen-bond donors (Lipinski definition) is 1. The van der Waals surface area contributed by atoms with Crippen molar-refractivity contribution in [2.75, 3.05) is 0 Å². The van der Waals surface area contributed by atoms with E-state index in [0.29, 0.717) is 16.9 Å². The van der Waals surface area contributed by atoms with Gasteiger partial charge < -0.3 is 0 Å². The second-order valence-electron chi connectivity index (χ2n) is 3.71. The van der Waals surface area contributed by atoms with Crippen molar-refractivity contribution in [1.82, 2.24) is 15.2 Å². The highest BCUT2D eigenvalue weighted by Crippen LogP contribution is 2.27. The van der Waals surface area contributed by atoms with Crippen molar-refractivity contribution in [3.05, 3.63) is 23.3 Å². The number of pyridine rings is 1. The molecule has 0 radical (unpaired) electrons. The molecule has 3 nitrogen and oxygen atoms in total. The number of hydrogen-bond acceptors (Lipinski definition) is 2. The molecule has 14 heavy (non-hydrogen) atoms. The van der Waals surface area contributed by atoms with Gasteiger partial charge in [-0.15, -0.1) is 0 Å². The molecule has 0 bridgehead atoms. The van der Waals surface area contributed by atoms with E-state index in [0.717, 1.165) is 5.39 Å². The number of nitrogens with one attached hydrogen (secondary N) is 1. The Hall–Kier alpha value is -1.45. The number of halogens is 1. The zero-order valence-corrected chi connectivity index (χ0v) is 8.43. The zero-order valence-electron chi connectivity index (χ0n) is 8.43. The van der Waals surface area contributed by atoms with E-state index in [1.165, 1.54) is 0 Å². The molecule has 1 N–H and O–H groups in total. The van der Waals surface area contributed by atoms with Gasteiger partial charge in [0.05, 0.1) is 11.9 Å². The van der Waals surface area contributed by atoms with Crippen molar-refractivity contribution in [1.29, 1.82) is 0 Å². The molecule has 2 aromatic heterocycles. The third kappa shape index (κ3) is 1.18. The summed E-state index contributed by atoms with van der Waals surface area (Å²) in [5.74, 6) is -0.0781. The zero-order chi connectivity index (χ0) is 10.3. The highest BCUT2D eigenvalue weighted by atomic mass is 19.1. The predicted octanol–water partition coefficient (Wildman–Crippen LogP) is 2.53. The lowest BCUT2D eigenvalue weighted by Gasteiger charge is -2.09. The first-order valence-corrected chi connectivity index (χ1v) is 4.60. The quantitative estimate of drug-likeness (QED) is 0.756. The maximum Gasteiger partial charge on any atom is 0.155 e. The van der Waals surface area contributed by atoms with Crippen molar-refractivity contribution in [2.24, 2.45) is 0 Å². The second-order valence-corrected chi connectivity index (χ2v) is 3.71. The molecule has 0 aliphatic rings. The van der Waals surface area contributed by atoms with Crippen LogP contribution >= 0.6 is 0 Å². The van der Waals surface area contributed by atoms with E-state index >= 15 is 0 Å². The summed E-state index contributed by atoms with van der Waals surface area (Å²) >= 11 is 0. The Labute approximate surface area is 81.4 Å². The van der Waals surface area contributed by atoms with Gasteiger partial charge in [0, 0.05) is 10.9 Å². The van der Waals surface area contributed by atoms with Crippen molar-refractivity contribution in [3.8, 4) is 0 Å². The molecule has 0 aliphatic carbocycles. The molecular weight excluding hydrogens is 181 g/mol. The summed E-state index contributed by atoms with van der Waals surface area (Å²) in [7, 11) is 0. The van der Waals surface area contributed by atoms with Gasteiger partial charge in [-0.25, -0.2) is 9.37 Å². The van der Waals surface area contributed by atoms with Gasteiger partial charge in [-0.05, 0) is 12.8 Å². The SMILES string of the molecule is Cc1nc2[nH]ncc2c(C(C)C)c1F. The van der Waals surface area contributed by atoms with E-state index < -0.39 is 0 Å². The Morgan fingerprint density at radius 3 is 2.79 bits per heavy atom. The first kappa shape index (κ1) is 9.12. The maximum atomic E-state index is 13.8. The van der Waals surface area contributed by atoms with Gasteiger partial charge in [-0.3, -0.25) is 5.10 Å². The average molecular weight is 193 g/mol. The predicted molar refractivity (Wildman–Crippen MR) is 52.7 cm³/mol. The summed E-state index contributed by atoms with van der Waals surface area (Å²) < 4.78 is 13.8. The third-order valence-corrected chi connectivity index (χ3v) is 2.32. The van der Waals surface area contributed by atoms with Gasteiger partial charge in [-0.1, -0.05) is 13.8 Å². The van der Waals surface area contributed by atoms with Crippen LogP contribution in [-0.2, 0) is 0 Å². The normalized spacial score (nSPS) is 11.5. The number of aryl methyl sites for hydroxylation is 1. The van der Waals surface area contributed by atoms with E-state index in [-0.39, 0.29) is 11.7 Å². The van der Waals surface area contributed by atoms with E-state index in [1.54, 1.807) is 13.1 Å². The molecule has 2 aromatic rings. The molecule has 0 atom stereocenters. The van der Waals surface area contributed by atoms with Gasteiger partial charge in [0.2, 0.25) is 0 Å². The summed E-state index contributed by atoms with van der Waals surface area (Å²) in [6.45, 7) is 5.59. The third-order valence-electron chi connectivity index (χ3n) is 2.32. The minimum atomic E-state index is -0.214. The maximum absolute atomic E-state index is 13.8. The fraction of sp³-hybridized carbons (Fsp3) is 0.400. The van der Waals surface area contributed by atoms with Crippen LogP contribution in [0.2, 0.25) is 0 Å². The molecule has 0 unspecified atom stereocenters. The molecule has 0 aliphatic heterocycles. The van der Waals surface area contributed by atoms with Crippen molar-refractivity contribution in [2.45, 2.75) is 26.7 Å². The van der Waals surface area contributed by atoms with Crippen LogP contribution in [0.15, 0.2) is 6.20 Å². The van der Waals surface area contributed by atoms with Crippen LogP contribution in [0.3, 0.4) is 0 Å². The average Bonchev–Trinajstić information content (AvgIpc) is 2.52. The highest BCUT2D eigenvalue weighted by molar-refractivity contribution is 5.79. The number of nitrogens with zero attached hydrogens (tertiary/aromatic N) is 2. The number of rotatable bonds is 1. The Kier molecular flexibility index (Phi) is 1.98. The highest BCUT2D eigenvalue weighted by Gasteiger charge is 2.16. The first-order chi connectivity index (χ1) is 6.61. The number of aromatic amines is 1. The van der Waals surface area contributed by atoms with E-state index in [2.05, 4.69) is 15.2 Å². The molecule has 0 aromatic carbocycles. The minimum Gasteiger partial charge on any atom is -0.261 e. The Balaban J connectivity index is 2.86. The fourth-order valence-corrected chi connectivity index (χ4v) is 1.66. The van der Waals surface area contributed by atoms with Crippen LogP contribution < -0.4 is 0 Å². The van der Waals surface area contributed by atoms with Crippen molar-refractivity contribution in [3.63, 3.8) is 0 Å². The van der Waals surface area contributed by atoms with Crippen molar-refractivity contribution >= 4 is 11.0 Å². The molecule has 0 amide bonds. The number of aromatic nitrogens is 3. The molecule has 2 rings (SSSR count). The minimum absolute atomic E-state index is 0.136. The van der Waals surface area contributed by atoms with Crippen LogP contribution in [0.5, 0.6) is 0 Å². The lowest BCUT2D eigenvalue weighted by molar-refractivity contribution is 0.586. The van der Waals surface area contributed by atoms with Gasteiger partial charge in [-0.2, -0.15) is 5.10 Å². The molecule has 0 saturated carbocycles. The largest absolute Gasteiger partial charge is 0.261 e. The molecule has 2 heterocycles. The first-order valence-electron chi connectivity index (χ1n) is 4.60. The lowest BCUT2D eigenvalue weighted by Crippen LogP contribution is -1.99.